The van der Waals surface area contributed by atoms with Crippen LogP contribution in [0.1, 0.15) is 348 Å². The van der Waals surface area contributed by atoms with Gasteiger partial charge in [-0.15, -0.1) is 0 Å². The molecule has 0 radical (unpaired) electrons. The number of unbranched alkanes of at least 4 members (excludes halogenated alkanes) is 46. The second kappa shape index (κ2) is 60.1. The van der Waals surface area contributed by atoms with Crippen molar-refractivity contribution in [2.24, 2.45) is 0 Å². The van der Waals surface area contributed by atoms with Crippen LogP contribution in [0.3, 0.4) is 0 Å². The van der Waals surface area contributed by atoms with E-state index in [1.165, 1.54) is 263 Å². The van der Waals surface area contributed by atoms with Crippen LogP contribution in [0.25, 0.3) is 0 Å². The molecular weight excluding hydrogens is 990 g/mol. The van der Waals surface area contributed by atoms with E-state index >= 15 is 0 Å². The van der Waals surface area contributed by atoms with Gasteiger partial charge in [-0.25, -0.2) is 0 Å². The first-order valence-electron chi connectivity index (χ1n) is 34.0. The van der Waals surface area contributed by atoms with Crippen LogP contribution in [0.5, 0.6) is 0 Å². The Balaban J connectivity index is 3.88. The van der Waals surface area contributed by atoms with E-state index in [9.17, 15) is 19.0 Å². The number of hydrogen-bond acceptors (Lipinski definition) is 8. The second-order valence-electron chi connectivity index (χ2n) is 24.6. The maximum Gasteiger partial charge on any atom is 0.306 e. The summed E-state index contributed by atoms with van der Waals surface area (Å²) in [5.74, 6) is -0.825. The minimum absolute atomic E-state index is 0.0301. The van der Waals surface area contributed by atoms with Crippen LogP contribution in [0.15, 0.2) is 24.3 Å². The van der Waals surface area contributed by atoms with Gasteiger partial charge in [-0.3, -0.25) is 14.2 Å². The number of likely N-dealkylation sites (N-methyl/N-ethyl adjacent to an activating group) is 1. The molecule has 2 unspecified atom stereocenters. The Morgan fingerprint density at radius 3 is 1.04 bits per heavy atom. The van der Waals surface area contributed by atoms with Gasteiger partial charge in [0.05, 0.1) is 27.7 Å². The largest absolute Gasteiger partial charge is 0.756 e. The molecule has 0 heterocycles. The standard InChI is InChI=1S/C68H132NO8P/c1-6-8-10-12-14-16-18-20-22-24-25-26-27-28-29-30-31-32-33-34-35-36-37-38-39-40-41-42-43-45-46-48-50-52-54-56-58-60-67(70)74-64-66(65-76-78(72,73)75-63-62-69(3,4)5)77-68(71)61-59-57-55-53-51-49-47-44-23-21-19-17-15-13-11-9-7-2/h15,17,21,23,66H,6-14,16,18-20,22,24-65H2,1-5H3/b17-15-,23-21-. The molecule has 0 aliphatic rings. The molecule has 0 bridgehead atoms. The van der Waals surface area contributed by atoms with Crippen molar-refractivity contribution in [3.05, 3.63) is 24.3 Å². The number of esters is 2. The van der Waals surface area contributed by atoms with E-state index in [2.05, 4.69) is 38.2 Å². The van der Waals surface area contributed by atoms with Crippen molar-refractivity contribution in [3.63, 3.8) is 0 Å². The van der Waals surface area contributed by atoms with Crippen molar-refractivity contribution in [1.82, 2.24) is 0 Å². The van der Waals surface area contributed by atoms with Crippen molar-refractivity contribution >= 4 is 19.8 Å². The van der Waals surface area contributed by atoms with Crippen molar-refractivity contribution in [3.8, 4) is 0 Å². The van der Waals surface area contributed by atoms with Crippen molar-refractivity contribution in [1.29, 1.82) is 0 Å². The number of phosphoric acid groups is 1. The number of carbonyl (C=O) groups is 2. The Morgan fingerprint density at radius 1 is 0.397 bits per heavy atom. The lowest BCUT2D eigenvalue weighted by Gasteiger charge is -2.28. The molecule has 10 heteroatoms. The van der Waals surface area contributed by atoms with Crippen LogP contribution in [-0.4, -0.2) is 70.0 Å². The van der Waals surface area contributed by atoms with Gasteiger partial charge in [0.1, 0.15) is 19.8 Å². The molecule has 2 atom stereocenters. The molecule has 0 fully saturated rings. The summed E-state index contributed by atoms with van der Waals surface area (Å²) in [7, 11) is 1.18. The summed E-state index contributed by atoms with van der Waals surface area (Å²) < 4.78 is 34.2. The van der Waals surface area contributed by atoms with Gasteiger partial charge in [0.15, 0.2) is 6.10 Å². The summed E-state index contributed by atoms with van der Waals surface area (Å²) in [5.41, 5.74) is 0. The van der Waals surface area contributed by atoms with Crippen LogP contribution in [-0.2, 0) is 32.7 Å². The number of ether oxygens (including phenoxy) is 2. The molecule has 0 aliphatic heterocycles. The fourth-order valence-electron chi connectivity index (χ4n) is 10.2. The van der Waals surface area contributed by atoms with Gasteiger partial charge in [-0.2, -0.15) is 0 Å². The number of hydrogen-bond donors (Lipinski definition) is 0. The lowest BCUT2D eigenvalue weighted by atomic mass is 10.0. The maximum atomic E-state index is 12.8. The lowest BCUT2D eigenvalue weighted by Crippen LogP contribution is -2.37. The lowest BCUT2D eigenvalue weighted by molar-refractivity contribution is -0.870. The van der Waals surface area contributed by atoms with Gasteiger partial charge in [-0.05, 0) is 44.9 Å². The van der Waals surface area contributed by atoms with Crippen molar-refractivity contribution in [2.75, 3.05) is 47.5 Å². The molecule has 0 spiro atoms. The predicted octanol–water partition coefficient (Wildman–Crippen LogP) is 21.1. The summed E-state index contributed by atoms with van der Waals surface area (Å²) in [5, 5.41) is 0. The summed E-state index contributed by atoms with van der Waals surface area (Å²) in [6.45, 7) is 4.26. The number of allylic oxidation sites excluding steroid dienone is 4. The van der Waals surface area contributed by atoms with Crippen LogP contribution in [0, 0.1) is 0 Å². The average Bonchev–Trinajstić information content (AvgIpc) is 3.40. The highest BCUT2D eigenvalue weighted by Gasteiger charge is 2.22. The molecular formula is C68H132NO8P. The minimum atomic E-state index is -4.64. The Hall–Kier alpha value is -1.51. The Labute approximate surface area is 485 Å². The van der Waals surface area contributed by atoms with E-state index in [4.69, 9.17) is 18.5 Å². The van der Waals surface area contributed by atoms with E-state index in [0.29, 0.717) is 17.4 Å². The third-order valence-corrected chi connectivity index (χ3v) is 16.4. The zero-order valence-corrected chi connectivity index (χ0v) is 53.5. The molecule has 0 aromatic carbocycles. The molecule has 0 saturated carbocycles. The van der Waals surface area contributed by atoms with Crippen LogP contribution >= 0.6 is 7.82 Å². The molecule has 0 N–H and O–H groups in total. The van der Waals surface area contributed by atoms with E-state index < -0.39 is 26.5 Å². The highest BCUT2D eigenvalue weighted by molar-refractivity contribution is 7.45. The van der Waals surface area contributed by atoms with Gasteiger partial charge in [0, 0.05) is 12.8 Å². The molecule has 0 saturated heterocycles. The molecule has 9 nitrogen and oxygen atoms in total. The normalized spacial score (nSPS) is 13.3. The van der Waals surface area contributed by atoms with Crippen molar-refractivity contribution in [2.45, 2.75) is 354 Å². The molecule has 0 amide bonds. The Kier molecular flexibility index (Phi) is 58.9. The van der Waals surface area contributed by atoms with Crippen LogP contribution < -0.4 is 4.89 Å². The van der Waals surface area contributed by atoms with Gasteiger partial charge in [0.25, 0.3) is 7.82 Å². The molecule has 0 rings (SSSR count). The van der Waals surface area contributed by atoms with Crippen molar-refractivity contribution < 1.29 is 42.1 Å². The molecule has 462 valence electrons. The smallest absolute Gasteiger partial charge is 0.306 e. The zero-order valence-electron chi connectivity index (χ0n) is 52.6. The fraction of sp³-hybridized carbons (Fsp3) is 0.912. The topological polar surface area (TPSA) is 111 Å². The summed E-state index contributed by atoms with van der Waals surface area (Å²) >= 11 is 0. The molecule has 0 aromatic heterocycles. The summed E-state index contributed by atoms with van der Waals surface area (Å²) in [6, 6.07) is 0. The summed E-state index contributed by atoms with van der Waals surface area (Å²) in [6.07, 6.45) is 74.2. The zero-order chi connectivity index (χ0) is 57.0. The highest BCUT2D eigenvalue weighted by Crippen LogP contribution is 2.38. The molecule has 78 heavy (non-hydrogen) atoms. The number of nitrogens with zero attached hydrogens (tertiary/aromatic N) is 1. The SMILES string of the molecule is CCCCC/C=C\C/C=C\CCCCCCCCCC(=O)OC(COC(=O)CCCCCCCCCCCCCCCCCCCCCCCCCCCCCCCCCCCCCCC)COP(=O)([O-])OCC[N+](C)(C)C. The number of quaternary nitrogens is 1. The fourth-order valence-corrected chi connectivity index (χ4v) is 10.9. The van der Waals surface area contributed by atoms with Gasteiger partial charge in [-0.1, -0.05) is 314 Å². The summed E-state index contributed by atoms with van der Waals surface area (Å²) in [4.78, 5) is 37.9. The van der Waals surface area contributed by atoms with E-state index in [0.717, 1.165) is 51.4 Å². The molecule has 0 aromatic rings. The van der Waals surface area contributed by atoms with Crippen LogP contribution in [0.2, 0.25) is 0 Å². The third-order valence-electron chi connectivity index (χ3n) is 15.5. The van der Waals surface area contributed by atoms with Gasteiger partial charge < -0.3 is 27.9 Å². The average molecular weight is 1120 g/mol. The maximum absolute atomic E-state index is 12.8. The van der Waals surface area contributed by atoms with E-state index in [-0.39, 0.29) is 32.0 Å². The van der Waals surface area contributed by atoms with Gasteiger partial charge >= 0.3 is 11.9 Å². The Morgan fingerprint density at radius 2 is 0.692 bits per heavy atom. The van der Waals surface area contributed by atoms with Gasteiger partial charge in [0.2, 0.25) is 0 Å². The van der Waals surface area contributed by atoms with E-state index in [1.54, 1.807) is 0 Å². The Bertz CT molecular complexity index is 1370. The van der Waals surface area contributed by atoms with Crippen LogP contribution in [0.4, 0.5) is 0 Å². The number of phosphoric ester groups is 1. The number of rotatable bonds is 64. The van der Waals surface area contributed by atoms with E-state index in [1.807, 2.05) is 21.1 Å². The first-order valence-corrected chi connectivity index (χ1v) is 35.5. The highest BCUT2D eigenvalue weighted by atomic mass is 31.2. The monoisotopic (exact) mass is 1120 g/mol. The third kappa shape index (κ3) is 63.7. The second-order valence-corrected chi connectivity index (χ2v) is 26.0. The first kappa shape index (κ1) is 76.5. The first-order chi connectivity index (χ1) is 38.0. The quantitative estimate of drug-likeness (QED) is 0.0195. The predicted molar refractivity (Wildman–Crippen MR) is 333 cm³/mol. The molecule has 0 aliphatic carbocycles. The minimum Gasteiger partial charge on any atom is -0.756 e. The number of carbonyl (C=O) groups excluding carboxylic acids is 2.